The summed E-state index contributed by atoms with van der Waals surface area (Å²) in [7, 11) is 6.91. The summed E-state index contributed by atoms with van der Waals surface area (Å²) < 4.78 is 16.0. The molecule has 174 valence electrons. The van der Waals surface area contributed by atoms with Gasteiger partial charge in [0.15, 0.2) is 23.0 Å². The average molecular weight is 441 g/mol. The first-order valence-electron chi connectivity index (χ1n) is 11.0. The summed E-state index contributed by atoms with van der Waals surface area (Å²) in [4.78, 5) is 2.29. The molecule has 1 atom stereocenters. The summed E-state index contributed by atoms with van der Waals surface area (Å²) in [6.07, 6.45) is 2.52. The smallest absolute Gasteiger partial charge is 0.160 e. The van der Waals surface area contributed by atoms with Crippen LogP contribution in [0.15, 0.2) is 36.4 Å². The Morgan fingerprint density at radius 3 is 2.25 bits per heavy atom. The van der Waals surface area contributed by atoms with Crippen LogP contribution in [0.2, 0.25) is 0 Å². The molecule has 0 bridgehead atoms. The van der Waals surface area contributed by atoms with E-state index in [9.17, 15) is 10.4 Å². The number of rotatable bonds is 12. The minimum Gasteiger partial charge on any atom is -0.504 e. The predicted molar refractivity (Wildman–Crippen MR) is 127 cm³/mol. The van der Waals surface area contributed by atoms with Crippen molar-refractivity contribution in [1.29, 1.82) is 5.26 Å². The molecule has 0 unspecified atom stereocenters. The largest absolute Gasteiger partial charge is 0.504 e. The summed E-state index contributed by atoms with van der Waals surface area (Å²) in [5, 5.41) is 20.1. The zero-order valence-corrected chi connectivity index (χ0v) is 20.1. The van der Waals surface area contributed by atoms with Gasteiger partial charge >= 0.3 is 0 Å². The van der Waals surface area contributed by atoms with E-state index in [-0.39, 0.29) is 11.7 Å². The molecule has 2 aromatic carbocycles. The van der Waals surface area contributed by atoms with E-state index in [0.717, 1.165) is 49.4 Å². The van der Waals surface area contributed by atoms with Crippen LogP contribution < -0.4 is 14.2 Å². The zero-order valence-electron chi connectivity index (χ0n) is 20.1. The van der Waals surface area contributed by atoms with E-state index < -0.39 is 5.41 Å². The topological polar surface area (TPSA) is 75.0 Å². The standard InChI is InChI=1S/C26H36N2O4/c1-19(2)26(18-27,21-9-10-22(29)24(17-21)31-5)13-7-14-28(3)15-12-20-8-11-23(30-4)25(16-20)32-6/h8-11,16-17,19,29H,7,12-15H2,1-6H3/t26-/m0/s1. The van der Waals surface area contributed by atoms with Gasteiger partial charge in [0.05, 0.1) is 32.8 Å². The van der Waals surface area contributed by atoms with Gasteiger partial charge in [0, 0.05) is 6.54 Å². The third-order valence-electron chi connectivity index (χ3n) is 6.22. The highest BCUT2D eigenvalue weighted by Gasteiger charge is 2.36. The molecule has 0 aromatic heterocycles. The summed E-state index contributed by atoms with van der Waals surface area (Å²) in [6.45, 7) is 5.94. The van der Waals surface area contributed by atoms with E-state index in [1.165, 1.54) is 12.7 Å². The average Bonchev–Trinajstić information content (AvgIpc) is 2.80. The monoisotopic (exact) mass is 440 g/mol. The minimum absolute atomic E-state index is 0.0849. The Bertz CT molecular complexity index is 923. The lowest BCUT2D eigenvalue weighted by molar-refractivity contribution is 0.292. The fourth-order valence-corrected chi connectivity index (χ4v) is 4.07. The van der Waals surface area contributed by atoms with Crippen molar-refractivity contribution in [1.82, 2.24) is 4.90 Å². The predicted octanol–water partition coefficient (Wildman–Crippen LogP) is 4.79. The molecular formula is C26H36N2O4. The summed E-state index contributed by atoms with van der Waals surface area (Å²) >= 11 is 0. The number of ether oxygens (including phenoxy) is 3. The Kier molecular flexibility index (Phi) is 9.22. The molecule has 0 heterocycles. The molecule has 32 heavy (non-hydrogen) atoms. The van der Waals surface area contributed by atoms with Crippen LogP contribution in [0, 0.1) is 17.2 Å². The lowest BCUT2D eigenvalue weighted by Crippen LogP contribution is -2.32. The first-order chi connectivity index (χ1) is 15.3. The molecule has 2 aromatic rings. The number of aromatic hydroxyl groups is 1. The van der Waals surface area contributed by atoms with E-state index in [1.54, 1.807) is 26.4 Å². The number of methoxy groups -OCH3 is 3. The van der Waals surface area contributed by atoms with Crippen LogP contribution in [0.25, 0.3) is 0 Å². The Morgan fingerprint density at radius 1 is 0.969 bits per heavy atom. The van der Waals surface area contributed by atoms with Gasteiger partial charge in [0.2, 0.25) is 0 Å². The van der Waals surface area contributed by atoms with Crippen LogP contribution in [0.4, 0.5) is 0 Å². The van der Waals surface area contributed by atoms with Gasteiger partial charge in [-0.3, -0.25) is 0 Å². The van der Waals surface area contributed by atoms with Crippen molar-refractivity contribution in [3.8, 4) is 29.1 Å². The molecule has 0 saturated heterocycles. The fourth-order valence-electron chi connectivity index (χ4n) is 4.07. The molecule has 2 rings (SSSR count). The number of phenols is 1. The molecule has 0 radical (unpaired) electrons. The van der Waals surface area contributed by atoms with Gasteiger partial charge in [-0.1, -0.05) is 26.0 Å². The van der Waals surface area contributed by atoms with E-state index >= 15 is 0 Å². The Balaban J connectivity index is 2.00. The first-order valence-corrected chi connectivity index (χ1v) is 11.0. The molecule has 0 saturated carbocycles. The highest BCUT2D eigenvalue weighted by molar-refractivity contribution is 5.46. The molecule has 0 amide bonds. The van der Waals surface area contributed by atoms with Crippen LogP contribution in [0.5, 0.6) is 23.0 Å². The van der Waals surface area contributed by atoms with Gasteiger partial charge in [-0.15, -0.1) is 0 Å². The van der Waals surface area contributed by atoms with E-state index in [4.69, 9.17) is 14.2 Å². The Hall–Kier alpha value is -2.91. The van der Waals surface area contributed by atoms with Crippen LogP contribution in [0.1, 0.15) is 37.8 Å². The molecule has 0 spiro atoms. The van der Waals surface area contributed by atoms with Crippen molar-refractivity contribution in [2.75, 3.05) is 41.5 Å². The summed E-state index contributed by atoms with van der Waals surface area (Å²) in [5.74, 6) is 2.08. The van der Waals surface area contributed by atoms with Gasteiger partial charge in [-0.25, -0.2) is 0 Å². The van der Waals surface area contributed by atoms with Gasteiger partial charge in [0.1, 0.15) is 0 Å². The third-order valence-corrected chi connectivity index (χ3v) is 6.22. The van der Waals surface area contributed by atoms with Crippen molar-refractivity contribution in [2.45, 2.75) is 38.5 Å². The number of likely N-dealkylation sites (N-methyl/N-ethyl adjacent to an activating group) is 1. The van der Waals surface area contributed by atoms with E-state index in [1.807, 2.05) is 18.2 Å². The van der Waals surface area contributed by atoms with Crippen molar-refractivity contribution in [3.05, 3.63) is 47.5 Å². The van der Waals surface area contributed by atoms with E-state index in [2.05, 4.69) is 37.9 Å². The molecule has 0 aliphatic rings. The van der Waals surface area contributed by atoms with Crippen LogP contribution in [0.3, 0.4) is 0 Å². The lowest BCUT2D eigenvalue weighted by Gasteiger charge is -2.32. The second kappa shape index (κ2) is 11.6. The molecule has 0 aliphatic carbocycles. The fraction of sp³-hybridized carbons (Fsp3) is 0.500. The van der Waals surface area contributed by atoms with Gasteiger partial charge in [-0.05, 0) is 74.2 Å². The molecule has 6 nitrogen and oxygen atoms in total. The van der Waals surface area contributed by atoms with Crippen molar-refractivity contribution < 1.29 is 19.3 Å². The van der Waals surface area contributed by atoms with Gasteiger partial charge < -0.3 is 24.2 Å². The van der Waals surface area contributed by atoms with Crippen LogP contribution in [-0.4, -0.2) is 51.5 Å². The number of nitrogens with zero attached hydrogens (tertiary/aromatic N) is 2. The first kappa shape index (κ1) is 25.4. The van der Waals surface area contributed by atoms with Crippen molar-refractivity contribution >= 4 is 0 Å². The second-order valence-corrected chi connectivity index (χ2v) is 8.47. The number of hydrogen-bond donors (Lipinski definition) is 1. The lowest BCUT2D eigenvalue weighted by atomic mass is 9.69. The van der Waals surface area contributed by atoms with E-state index in [0.29, 0.717) is 5.75 Å². The maximum absolute atomic E-state index is 10.2. The number of phenolic OH excluding ortho intramolecular Hbond substituents is 1. The Morgan fingerprint density at radius 2 is 1.66 bits per heavy atom. The molecule has 6 heteroatoms. The normalized spacial score (nSPS) is 13.0. The third kappa shape index (κ3) is 5.86. The SMILES string of the molecule is COc1cc([C@](C#N)(CCCN(C)CCc2ccc(OC)c(OC)c2)C(C)C)ccc1O. The highest BCUT2D eigenvalue weighted by Crippen LogP contribution is 2.40. The molecule has 0 fully saturated rings. The molecule has 1 N–H and O–H groups in total. The second-order valence-electron chi connectivity index (χ2n) is 8.47. The molecular weight excluding hydrogens is 404 g/mol. The van der Waals surface area contributed by atoms with Crippen molar-refractivity contribution in [2.24, 2.45) is 5.92 Å². The number of hydrogen-bond acceptors (Lipinski definition) is 6. The maximum Gasteiger partial charge on any atom is 0.160 e. The van der Waals surface area contributed by atoms with Crippen LogP contribution >= 0.6 is 0 Å². The van der Waals surface area contributed by atoms with Gasteiger partial charge in [0.25, 0.3) is 0 Å². The minimum atomic E-state index is -0.634. The number of benzene rings is 2. The Labute approximate surface area is 192 Å². The maximum atomic E-state index is 10.2. The summed E-state index contributed by atoms with van der Waals surface area (Å²) in [6, 6.07) is 13.8. The number of nitriles is 1. The van der Waals surface area contributed by atoms with Crippen LogP contribution in [-0.2, 0) is 11.8 Å². The van der Waals surface area contributed by atoms with Crippen molar-refractivity contribution in [3.63, 3.8) is 0 Å². The zero-order chi connectivity index (χ0) is 23.7. The highest BCUT2D eigenvalue weighted by atomic mass is 16.5. The summed E-state index contributed by atoms with van der Waals surface area (Å²) in [5.41, 5.74) is 1.45. The van der Waals surface area contributed by atoms with Gasteiger partial charge in [-0.2, -0.15) is 5.26 Å². The quantitative estimate of drug-likeness (QED) is 0.511. The molecule has 0 aliphatic heterocycles.